The molecule has 0 bridgehead atoms. The van der Waals surface area contributed by atoms with Crippen LogP contribution in [-0.4, -0.2) is 60.1 Å². The average molecular weight is 299 g/mol. The largest absolute Gasteiger partial charge is 0.409 e. The van der Waals surface area contributed by atoms with Crippen molar-refractivity contribution in [2.45, 2.75) is 39.5 Å². The summed E-state index contributed by atoms with van der Waals surface area (Å²) in [6, 6.07) is 0. The Morgan fingerprint density at radius 3 is 2.19 bits per heavy atom. The maximum atomic E-state index is 12.8. The first-order chi connectivity index (χ1) is 10.00. The zero-order valence-electron chi connectivity index (χ0n) is 13.4. The molecule has 122 valence electrons. The summed E-state index contributed by atoms with van der Waals surface area (Å²) in [5, 5.41) is 14.1. The Kier molecular flexibility index (Phi) is 6.91. The molecular weight excluding hydrogens is 270 g/mol. The molecule has 1 amide bonds. The van der Waals surface area contributed by atoms with E-state index in [0.29, 0.717) is 12.8 Å². The third-order valence-electron chi connectivity index (χ3n) is 4.15. The highest BCUT2D eigenvalue weighted by atomic mass is 16.4. The standard InChI is InChI=1S/C14H29N5O2/c1-4-6-14(7-5-2,12(15)17-21)13(20)16-19-10-8-18(3)9-11-19/h21H,4-11H2,1-3H3,(H2,15,17)(H,16,20). The highest BCUT2D eigenvalue weighted by molar-refractivity contribution is 6.06. The maximum absolute atomic E-state index is 12.8. The number of carbonyl (C=O) groups is 1. The number of piperazine rings is 1. The molecule has 0 saturated carbocycles. The molecule has 1 aliphatic heterocycles. The second kappa shape index (κ2) is 8.19. The fourth-order valence-electron chi connectivity index (χ4n) is 2.84. The second-order valence-corrected chi connectivity index (χ2v) is 5.80. The van der Waals surface area contributed by atoms with Crippen LogP contribution in [0.3, 0.4) is 0 Å². The van der Waals surface area contributed by atoms with Gasteiger partial charge >= 0.3 is 0 Å². The molecule has 1 saturated heterocycles. The molecule has 1 rings (SSSR count). The summed E-state index contributed by atoms with van der Waals surface area (Å²) in [6.07, 6.45) is 2.76. The predicted octanol–water partition coefficient (Wildman–Crippen LogP) is 0.598. The van der Waals surface area contributed by atoms with Crippen molar-refractivity contribution < 1.29 is 10.0 Å². The number of nitrogens with two attached hydrogens (primary N) is 1. The summed E-state index contributed by atoms with van der Waals surface area (Å²) in [4.78, 5) is 15.0. The molecule has 1 aliphatic rings. The molecule has 0 spiro atoms. The topological polar surface area (TPSA) is 94.2 Å². The van der Waals surface area contributed by atoms with Gasteiger partial charge in [-0.1, -0.05) is 31.8 Å². The number of carbonyl (C=O) groups excluding carboxylic acids is 1. The second-order valence-electron chi connectivity index (χ2n) is 5.80. The predicted molar refractivity (Wildman–Crippen MR) is 82.9 cm³/mol. The van der Waals surface area contributed by atoms with Crippen LogP contribution < -0.4 is 11.2 Å². The minimum Gasteiger partial charge on any atom is -0.409 e. The lowest BCUT2D eigenvalue weighted by Crippen LogP contribution is -2.58. The molecule has 0 radical (unpaired) electrons. The van der Waals surface area contributed by atoms with Crippen LogP contribution >= 0.6 is 0 Å². The Morgan fingerprint density at radius 2 is 1.76 bits per heavy atom. The van der Waals surface area contributed by atoms with E-state index in [1.165, 1.54) is 0 Å². The zero-order chi connectivity index (χ0) is 15.9. The van der Waals surface area contributed by atoms with Crippen LogP contribution in [0.25, 0.3) is 0 Å². The van der Waals surface area contributed by atoms with Crippen molar-refractivity contribution in [2.24, 2.45) is 16.3 Å². The quantitative estimate of drug-likeness (QED) is 0.277. The van der Waals surface area contributed by atoms with Crippen molar-refractivity contribution in [1.82, 2.24) is 15.3 Å². The molecule has 0 aliphatic carbocycles. The molecule has 0 atom stereocenters. The monoisotopic (exact) mass is 299 g/mol. The van der Waals surface area contributed by atoms with Gasteiger partial charge in [-0.2, -0.15) is 0 Å². The van der Waals surface area contributed by atoms with Crippen LogP contribution in [0.4, 0.5) is 0 Å². The Labute approximate surface area is 127 Å². The summed E-state index contributed by atoms with van der Waals surface area (Å²) in [7, 11) is 2.06. The van der Waals surface area contributed by atoms with E-state index in [2.05, 4.69) is 22.5 Å². The number of hydrogen-bond acceptors (Lipinski definition) is 5. The normalized spacial score (nSPS) is 18.7. The number of oxime groups is 1. The Bertz CT molecular complexity index is 358. The fourth-order valence-corrected chi connectivity index (χ4v) is 2.84. The van der Waals surface area contributed by atoms with E-state index >= 15 is 0 Å². The van der Waals surface area contributed by atoms with Gasteiger partial charge in [-0.25, -0.2) is 5.01 Å². The lowest BCUT2D eigenvalue weighted by molar-refractivity contribution is -0.134. The molecule has 0 unspecified atom stereocenters. The van der Waals surface area contributed by atoms with Gasteiger partial charge in [0.25, 0.3) is 0 Å². The van der Waals surface area contributed by atoms with Crippen LogP contribution in [0.5, 0.6) is 0 Å². The van der Waals surface area contributed by atoms with Gasteiger partial charge < -0.3 is 15.8 Å². The first-order valence-electron chi connectivity index (χ1n) is 7.72. The number of amides is 1. The lowest BCUT2D eigenvalue weighted by atomic mass is 9.77. The van der Waals surface area contributed by atoms with Crippen molar-refractivity contribution in [3.8, 4) is 0 Å². The molecule has 1 fully saturated rings. The molecule has 21 heavy (non-hydrogen) atoms. The number of amidine groups is 1. The average Bonchev–Trinajstić information content (AvgIpc) is 2.48. The van der Waals surface area contributed by atoms with Gasteiger partial charge in [-0.15, -0.1) is 0 Å². The van der Waals surface area contributed by atoms with Gasteiger partial charge in [-0.3, -0.25) is 10.2 Å². The van der Waals surface area contributed by atoms with Gasteiger partial charge in [0.05, 0.1) is 0 Å². The van der Waals surface area contributed by atoms with E-state index in [4.69, 9.17) is 10.9 Å². The molecule has 0 aromatic heterocycles. The van der Waals surface area contributed by atoms with E-state index in [1.807, 2.05) is 18.9 Å². The third kappa shape index (κ3) is 4.31. The van der Waals surface area contributed by atoms with Crippen molar-refractivity contribution in [1.29, 1.82) is 0 Å². The number of rotatable bonds is 7. The SMILES string of the molecule is CCCC(CCC)(C(=O)NN1CCN(C)CC1)C(N)=NO. The van der Waals surface area contributed by atoms with E-state index < -0.39 is 5.41 Å². The Morgan fingerprint density at radius 1 is 1.24 bits per heavy atom. The van der Waals surface area contributed by atoms with Crippen molar-refractivity contribution in [2.75, 3.05) is 33.2 Å². The molecular formula is C14H29N5O2. The van der Waals surface area contributed by atoms with Crippen LogP contribution in [0.2, 0.25) is 0 Å². The zero-order valence-corrected chi connectivity index (χ0v) is 13.4. The van der Waals surface area contributed by atoms with Crippen LogP contribution in [0, 0.1) is 5.41 Å². The van der Waals surface area contributed by atoms with E-state index in [9.17, 15) is 4.79 Å². The van der Waals surface area contributed by atoms with Crippen molar-refractivity contribution >= 4 is 11.7 Å². The summed E-state index contributed by atoms with van der Waals surface area (Å²) < 4.78 is 0. The highest BCUT2D eigenvalue weighted by Crippen LogP contribution is 2.31. The maximum Gasteiger partial charge on any atom is 0.248 e. The van der Waals surface area contributed by atoms with Gasteiger partial charge in [0, 0.05) is 26.2 Å². The number of nitrogens with one attached hydrogen (secondary N) is 1. The molecule has 4 N–H and O–H groups in total. The summed E-state index contributed by atoms with van der Waals surface area (Å²) in [5.41, 5.74) is 7.91. The number of nitrogens with zero attached hydrogens (tertiary/aromatic N) is 3. The number of hydrazine groups is 1. The van der Waals surface area contributed by atoms with Gasteiger partial charge in [0.2, 0.25) is 5.91 Å². The third-order valence-corrected chi connectivity index (χ3v) is 4.15. The van der Waals surface area contributed by atoms with Crippen LogP contribution in [0.1, 0.15) is 39.5 Å². The fraction of sp³-hybridized carbons (Fsp3) is 0.857. The number of hydrogen-bond donors (Lipinski definition) is 3. The smallest absolute Gasteiger partial charge is 0.248 e. The highest BCUT2D eigenvalue weighted by Gasteiger charge is 2.42. The van der Waals surface area contributed by atoms with Crippen LogP contribution in [0.15, 0.2) is 5.16 Å². The van der Waals surface area contributed by atoms with Gasteiger partial charge in [0.15, 0.2) is 5.84 Å². The Balaban J connectivity index is 2.83. The van der Waals surface area contributed by atoms with E-state index in [-0.39, 0.29) is 11.7 Å². The Hall–Kier alpha value is -1.34. The van der Waals surface area contributed by atoms with Gasteiger partial charge in [0.1, 0.15) is 5.41 Å². The van der Waals surface area contributed by atoms with E-state index in [1.54, 1.807) is 0 Å². The minimum absolute atomic E-state index is 0.0119. The lowest BCUT2D eigenvalue weighted by Gasteiger charge is -2.37. The molecule has 0 aromatic carbocycles. The number of likely N-dealkylation sites (N-methyl/N-ethyl adjacent to an activating group) is 1. The van der Waals surface area contributed by atoms with Crippen molar-refractivity contribution in [3.05, 3.63) is 0 Å². The van der Waals surface area contributed by atoms with Crippen molar-refractivity contribution in [3.63, 3.8) is 0 Å². The molecule has 0 aromatic rings. The van der Waals surface area contributed by atoms with Crippen LogP contribution in [-0.2, 0) is 4.79 Å². The molecule has 7 heteroatoms. The van der Waals surface area contributed by atoms with Gasteiger partial charge in [-0.05, 0) is 19.9 Å². The summed E-state index contributed by atoms with van der Waals surface area (Å²) in [6.45, 7) is 7.40. The molecule has 1 heterocycles. The minimum atomic E-state index is -0.915. The summed E-state index contributed by atoms with van der Waals surface area (Å²) in [5.74, 6) is -0.149. The first kappa shape index (κ1) is 17.7. The van der Waals surface area contributed by atoms with E-state index in [0.717, 1.165) is 39.0 Å². The molecule has 7 nitrogen and oxygen atoms in total. The first-order valence-corrected chi connectivity index (χ1v) is 7.72. The summed E-state index contributed by atoms with van der Waals surface area (Å²) >= 11 is 0.